The van der Waals surface area contributed by atoms with E-state index < -0.39 is 0 Å². The van der Waals surface area contributed by atoms with Gasteiger partial charge in [-0.15, -0.1) is 24.0 Å². The van der Waals surface area contributed by atoms with E-state index in [-0.39, 0.29) is 24.0 Å². The summed E-state index contributed by atoms with van der Waals surface area (Å²) < 4.78 is 10.8. The zero-order valence-corrected chi connectivity index (χ0v) is 16.1. The van der Waals surface area contributed by atoms with Gasteiger partial charge in [0.05, 0.1) is 0 Å². The van der Waals surface area contributed by atoms with Crippen LogP contribution >= 0.6 is 24.0 Å². The van der Waals surface area contributed by atoms with Crippen molar-refractivity contribution in [1.82, 2.24) is 15.1 Å². The molecule has 23 heavy (non-hydrogen) atoms. The molecule has 0 bridgehead atoms. The second-order valence-corrected chi connectivity index (χ2v) is 5.53. The summed E-state index contributed by atoms with van der Waals surface area (Å²) in [5, 5.41) is 3.32. The smallest absolute Gasteiger partial charge is 0.231 e. The molecule has 0 amide bonds. The molecular weight excluding hydrogens is 407 g/mol. The molecule has 1 N–H and O–H groups in total. The molecule has 128 valence electrons. The molecular formula is C16H25IN4O2. The number of halogens is 1. The van der Waals surface area contributed by atoms with Gasteiger partial charge < -0.3 is 19.7 Å². The van der Waals surface area contributed by atoms with Gasteiger partial charge in [0, 0.05) is 46.3 Å². The summed E-state index contributed by atoms with van der Waals surface area (Å²) in [6, 6.07) is 6.21. The largest absolute Gasteiger partial charge is 0.454 e. The number of guanidine groups is 1. The second kappa shape index (κ2) is 8.58. The highest BCUT2D eigenvalue weighted by atomic mass is 127. The summed E-state index contributed by atoms with van der Waals surface area (Å²) in [6.07, 6.45) is 0. The number of hydrogen-bond donors (Lipinski definition) is 1. The van der Waals surface area contributed by atoms with E-state index in [0.29, 0.717) is 6.79 Å². The first-order chi connectivity index (χ1) is 10.8. The predicted octanol–water partition coefficient (Wildman–Crippen LogP) is 1.75. The number of piperazine rings is 1. The molecule has 2 aliphatic rings. The van der Waals surface area contributed by atoms with Gasteiger partial charge in [-0.1, -0.05) is 6.07 Å². The van der Waals surface area contributed by atoms with Gasteiger partial charge in [0.1, 0.15) is 0 Å². The maximum Gasteiger partial charge on any atom is 0.231 e. The molecule has 3 rings (SSSR count). The van der Waals surface area contributed by atoms with E-state index >= 15 is 0 Å². The van der Waals surface area contributed by atoms with Gasteiger partial charge in [0.15, 0.2) is 17.5 Å². The summed E-state index contributed by atoms with van der Waals surface area (Å²) >= 11 is 0. The first-order valence-electron chi connectivity index (χ1n) is 7.86. The Morgan fingerprint density at radius 1 is 1.17 bits per heavy atom. The lowest BCUT2D eigenvalue weighted by molar-refractivity contribution is 0.171. The Kier molecular flexibility index (Phi) is 6.76. The average molecular weight is 432 g/mol. The molecule has 0 aromatic heterocycles. The van der Waals surface area contributed by atoms with Crippen LogP contribution in [0.4, 0.5) is 0 Å². The Morgan fingerprint density at radius 2 is 1.91 bits per heavy atom. The van der Waals surface area contributed by atoms with Crippen LogP contribution in [0, 0.1) is 0 Å². The van der Waals surface area contributed by atoms with Crippen molar-refractivity contribution in [2.45, 2.75) is 13.5 Å². The monoisotopic (exact) mass is 432 g/mol. The van der Waals surface area contributed by atoms with Crippen molar-refractivity contribution < 1.29 is 9.47 Å². The SMILES string of the molecule is CCNC(=NC)N1CCN(Cc2ccc3c(c2)OCO3)CC1.I. The number of fused-ring (bicyclic) bond motifs is 1. The third-order valence-corrected chi connectivity index (χ3v) is 4.06. The van der Waals surface area contributed by atoms with Crippen LogP contribution < -0.4 is 14.8 Å². The van der Waals surface area contributed by atoms with Crippen molar-refractivity contribution in [2.75, 3.05) is 46.6 Å². The zero-order valence-electron chi connectivity index (χ0n) is 13.7. The summed E-state index contributed by atoms with van der Waals surface area (Å²) in [4.78, 5) is 9.12. The van der Waals surface area contributed by atoms with Crippen LogP contribution in [0.3, 0.4) is 0 Å². The van der Waals surface area contributed by atoms with Crippen LogP contribution in [-0.2, 0) is 6.54 Å². The van der Waals surface area contributed by atoms with E-state index in [1.54, 1.807) is 0 Å². The van der Waals surface area contributed by atoms with Crippen molar-refractivity contribution in [3.63, 3.8) is 0 Å². The minimum absolute atomic E-state index is 0. The van der Waals surface area contributed by atoms with E-state index in [9.17, 15) is 0 Å². The fraction of sp³-hybridized carbons (Fsp3) is 0.562. The Balaban J connectivity index is 0.00000192. The second-order valence-electron chi connectivity index (χ2n) is 5.53. The van der Waals surface area contributed by atoms with Gasteiger partial charge in [-0.3, -0.25) is 9.89 Å². The molecule has 0 unspecified atom stereocenters. The average Bonchev–Trinajstić information content (AvgIpc) is 3.01. The van der Waals surface area contributed by atoms with Crippen LogP contribution in [-0.4, -0.2) is 62.3 Å². The summed E-state index contributed by atoms with van der Waals surface area (Å²) in [6.45, 7) is 8.38. The lowest BCUT2D eigenvalue weighted by Crippen LogP contribution is -2.52. The van der Waals surface area contributed by atoms with E-state index in [1.165, 1.54) is 5.56 Å². The molecule has 0 atom stereocenters. The standard InChI is InChI=1S/C16H24N4O2.HI/c1-3-18-16(17-2)20-8-6-19(7-9-20)11-13-4-5-14-15(10-13)22-12-21-14;/h4-5,10H,3,6-9,11-12H2,1-2H3,(H,17,18);1H. The molecule has 6 nitrogen and oxygen atoms in total. The lowest BCUT2D eigenvalue weighted by Gasteiger charge is -2.36. The Bertz CT molecular complexity index is 545. The fourth-order valence-electron chi connectivity index (χ4n) is 2.91. The maximum atomic E-state index is 5.45. The number of hydrogen-bond acceptors (Lipinski definition) is 4. The maximum absolute atomic E-state index is 5.45. The molecule has 0 radical (unpaired) electrons. The molecule has 0 saturated carbocycles. The fourth-order valence-corrected chi connectivity index (χ4v) is 2.91. The minimum Gasteiger partial charge on any atom is -0.454 e. The van der Waals surface area contributed by atoms with Crippen molar-refractivity contribution in [3.05, 3.63) is 23.8 Å². The molecule has 1 aromatic carbocycles. The first-order valence-corrected chi connectivity index (χ1v) is 7.86. The number of ether oxygens (including phenoxy) is 2. The van der Waals surface area contributed by atoms with Crippen molar-refractivity contribution in [2.24, 2.45) is 4.99 Å². The van der Waals surface area contributed by atoms with E-state index in [1.807, 2.05) is 13.1 Å². The Hall–Kier alpha value is -1.22. The highest BCUT2D eigenvalue weighted by Crippen LogP contribution is 2.32. The minimum atomic E-state index is 0. The lowest BCUT2D eigenvalue weighted by atomic mass is 10.1. The van der Waals surface area contributed by atoms with Gasteiger partial charge >= 0.3 is 0 Å². The quantitative estimate of drug-likeness (QED) is 0.448. The molecule has 0 spiro atoms. The van der Waals surface area contributed by atoms with Crippen molar-refractivity contribution in [3.8, 4) is 11.5 Å². The van der Waals surface area contributed by atoms with Crippen molar-refractivity contribution >= 4 is 29.9 Å². The first kappa shape index (κ1) is 18.1. The van der Waals surface area contributed by atoms with Crippen LogP contribution in [0.1, 0.15) is 12.5 Å². The molecule has 1 fully saturated rings. The van der Waals surface area contributed by atoms with Gasteiger partial charge in [-0.2, -0.15) is 0 Å². The third-order valence-electron chi connectivity index (χ3n) is 4.06. The molecule has 2 aliphatic heterocycles. The van der Waals surface area contributed by atoms with Crippen molar-refractivity contribution in [1.29, 1.82) is 0 Å². The summed E-state index contributed by atoms with van der Waals surface area (Å²) in [5.41, 5.74) is 1.27. The normalized spacial score (nSPS) is 17.8. The molecule has 1 saturated heterocycles. The molecule has 7 heteroatoms. The summed E-state index contributed by atoms with van der Waals surface area (Å²) in [7, 11) is 1.84. The van der Waals surface area contributed by atoms with Gasteiger partial charge in [0.2, 0.25) is 6.79 Å². The summed E-state index contributed by atoms with van der Waals surface area (Å²) in [5.74, 6) is 2.72. The Morgan fingerprint density at radius 3 is 2.61 bits per heavy atom. The number of rotatable bonds is 3. The van der Waals surface area contributed by atoms with Crippen LogP contribution in [0.15, 0.2) is 23.2 Å². The van der Waals surface area contributed by atoms with E-state index in [4.69, 9.17) is 9.47 Å². The third kappa shape index (κ3) is 4.41. The number of nitrogens with zero attached hydrogens (tertiary/aromatic N) is 3. The highest BCUT2D eigenvalue weighted by Gasteiger charge is 2.20. The topological polar surface area (TPSA) is 49.3 Å². The van der Waals surface area contributed by atoms with Gasteiger partial charge in [-0.25, -0.2) is 0 Å². The van der Waals surface area contributed by atoms with E-state index in [2.05, 4.69) is 39.2 Å². The van der Waals surface area contributed by atoms with Crippen LogP contribution in [0.2, 0.25) is 0 Å². The predicted molar refractivity (Wildman–Crippen MR) is 102 cm³/mol. The highest BCUT2D eigenvalue weighted by molar-refractivity contribution is 14.0. The molecule has 0 aliphatic carbocycles. The number of nitrogens with one attached hydrogen (secondary N) is 1. The number of benzene rings is 1. The van der Waals surface area contributed by atoms with Gasteiger partial charge in [-0.05, 0) is 24.6 Å². The van der Waals surface area contributed by atoms with Crippen LogP contribution in [0.5, 0.6) is 11.5 Å². The Labute approximate surface area is 154 Å². The van der Waals surface area contributed by atoms with Crippen LogP contribution in [0.25, 0.3) is 0 Å². The number of aliphatic imine (C=N–C) groups is 1. The zero-order chi connectivity index (χ0) is 15.4. The molecule has 1 aromatic rings. The van der Waals surface area contributed by atoms with E-state index in [0.717, 1.165) is 56.7 Å². The molecule has 2 heterocycles. The van der Waals surface area contributed by atoms with Gasteiger partial charge in [0.25, 0.3) is 0 Å².